The summed E-state index contributed by atoms with van der Waals surface area (Å²) in [5, 5.41) is 10.9. The van der Waals surface area contributed by atoms with E-state index in [9.17, 15) is 14.7 Å². The molecule has 0 saturated carbocycles. The fourth-order valence-electron chi connectivity index (χ4n) is 5.83. The first-order chi connectivity index (χ1) is 16.8. The fraction of sp³-hybridized carbons (Fsp3) is 0.500. The van der Waals surface area contributed by atoms with Gasteiger partial charge in [-0.3, -0.25) is 14.5 Å². The van der Waals surface area contributed by atoms with Crippen LogP contribution in [0.4, 0.5) is 5.69 Å². The van der Waals surface area contributed by atoms with E-state index >= 15 is 0 Å². The van der Waals surface area contributed by atoms with E-state index in [1.54, 1.807) is 4.90 Å². The summed E-state index contributed by atoms with van der Waals surface area (Å²) in [4.78, 5) is 32.6. The maximum atomic E-state index is 13.4. The van der Waals surface area contributed by atoms with Gasteiger partial charge in [0.25, 0.3) is 5.91 Å². The monoisotopic (exact) mass is 476 g/mol. The molecule has 7 nitrogen and oxygen atoms in total. The lowest BCUT2D eigenvalue weighted by molar-refractivity contribution is -0.118. The molecule has 1 saturated heterocycles. The van der Waals surface area contributed by atoms with E-state index in [1.165, 1.54) is 11.1 Å². The van der Waals surface area contributed by atoms with E-state index in [0.29, 0.717) is 19.6 Å². The minimum atomic E-state index is -0.588. The molecule has 2 amide bonds. The quantitative estimate of drug-likeness (QED) is 0.647. The second kappa shape index (κ2) is 9.63. The van der Waals surface area contributed by atoms with Crippen molar-refractivity contribution in [1.29, 1.82) is 0 Å². The Hall–Kier alpha value is -2.90. The summed E-state index contributed by atoms with van der Waals surface area (Å²) < 4.78 is 0. The summed E-state index contributed by atoms with van der Waals surface area (Å²) in [6.45, 7) is 10.7. The lowest BCUT2D eigenvalue weighted by atomic mass is 9.77. The van der Waals surface area contributed by atoms with Crippen molar-refractivity contribution in [3.05, 3.63) is 64.7 Å². The lowest BCUT2D eigenvalue weighted by Crippen LogP contribution is -2.51. The van der Waals surface area contributed by atoms with E-state index in [4.69, 9.17) is 0 Å². The molecule has 7 heteroatoms. The highest BCUT2D eigenvalue weighted by Crippen LogP contribution is 2.36. The zero-order valence-corrected chi connectivity index (χ0v) is 20.8. The van der Waals surface area contributed by atoms with Gasteiger partial charge in [0.2, 0.25) is 6.41 Å². The summed E-state index contributed by atoms with van der Waals surface area (Å²) >= 11 is 0. The average molecular weight is 477 g/mol. The second-order valence-electron chi connectivity index (χ2n) is 10.8. The summed E-state index contributed by atoms with van der Waals surface area (Å²) in [7, 11) is 0. The van der Waals surface area contributed by atoms with E-state index < -0.39 is 6.10 Å². The largest absolute Gasteiger partial charge is 0.390 e. The highest BCUT2D eigenvalue weighted by atomic mass is 16.3. The van der Waals surface area contributed by atoms with Crippen LogP contribution < -0.4 is 4.90 Å². The highest BCUT2D eigenvalue weighted by molar-refractivity contribution is 5.98. The molecule has 35 heavy (non-hydrogen) atoms. The lowest BCUT2D eigenvalue weighted by Gasteiger charge is -2.42. The second-order valence-corrected chi connectivity index (χ2v) is 10.8. The Balaban J connectivity index is 1.25. The molecule has 0 spiro atoms. The van der Waals surface area contributed by atoms with Gasteiger partial charge >= 0.3 is 0 Å². The summed E-state index contributed by atoms with van der Waals surface area (Å²) in [5.74, 6) is -0.000288. The molecule has 3 aliphatic heterocycles. The Kier molecular flexibility index (Phi) is 6.55. The number of rotatable bonds is 6. The number of fused-ring (bicyclic) bond motifs is 2. The molecular weight excluding hydrogens is 440 g/mol. The van der Waals surface area contributed by atoms with Crippen molar-refractivity contribution in [1.82, 2.24) is 14.7 Å². The number of piperazine rings is 1. The van der Waals surface area contributed by atoms with Crippen molar-refractivity contribution in [2.45, 2.75) is 38.3 Å². The summed E-state index contributed by atoms with van der Waals surface area (Å²) in [6, 6.07) is 14.6. The third-order valence-corrected chi connectivity index (χ3v) is 7.77. The van der Waals surface area contributed by atoms with Crippen LogP contribution in [0.1, 0.15) is 40.9 Å². The molecule has 186 valence electrons. The van der Waals surface area contributed by atoms with Gasteiger partial charge in [0.1, 0.15) is 0 Å². The molecule has 3 aliphatic rings. The molecule has 0 unspecified atom stereocenters. The first kappa shape index (κ1) is 23.8. The molecular formula is C28H36N4O3. The Morgan fingerprint density at radius 3 is 2.49 bits per heavy atom. The SMILES string of the molecule is CC1(C)CN(C[C@H](O)CN2CCc3ccccc3C2)C(=O)c2ccc(N3CCN(C=O)CC3)cc21. The number of benzene rings is 2. The number of hydrogen-bond donors (Lipinski definition) is 1. The first-order valence-electron chi connectivity index (χ1n) is 12.7. The Bertz CT molecular complexity index is 1090. The molecule has 0 radical (unpaired) electrons. The predicted octanol–water partition coefficient (Wildman–Crippen LogP) is 2.12. The molecule has 0 aliphatic carbocycles. The zero-order valence-electron chi connectivity index (χ0n) is 20.8. The molecule has 5 rings (SSSR count). The van der Waals surface area contributed by atoms with Crippen LogP contribution in [0.2, 0.25) is 0 Å². The molecule has 2 aromatic carbocycles. The molecule has 0 aromatic heterocycles. The number of β-amino-alcohol motifs (C(OH)–C–C–N with tert-alkyl or cyclic N) is 1. The van der Waals surface area contributed by atoms with Gasteiger partial charge in [0, 0.05) is 75.6 Å². The maximum absolute atomic E-state index is 13.4. The van der Waals surface area contributed by atoms with Crippen molar-refractivity contribution in [2.24, 2.45) is 0 Å². The maximum Gasteiger partial charge on any atom is 0.254 e. The third-order valence-electron chi connectivity index (χ3n) is 7.77. The van der Waals surface area contributed by atoms with Gasteiger partial charge in [-0.05, 0) is 41.3 Å². The molecule has 2 aromatic rings. The van der Waals surface area contributed by atoms with Gasteiger partial charge in [0.15, 0.2) is 0 Å². The number of carbonyl (C=O) groups excluding carboxylic acids is 2. The van der Waals surface area contributed by atoms with Crippen LogP contribution in [0.25, 0.3) is 0 Å². The normalized spacial score (nSPS) is 20.9. The van der Waals surface area contributed by atoms with Crippen LogP contribution in [0, 0.1) is 0 Å². The van der Waals surface area contributed by atoms with Crippen molar-refractivity contribution in [3.63, 3.8) is 0 Å². The average Bonchev–Trinajstić information content (AvgIpc) is 2.86. The fourth-order valence-corrected chi connectivity index (χ4v) is 5.83. The van der Waals surface area contributed by atoms with Crippen LogP contribution >= 0.6 is 0 Å². The minimum absolute atomic E-state index is 0.000288. The van der Waals surface area contributed by atoms with Crippen molar-refractivity contribution < 1.29 is 14.7 Å². The van der Waals surface area contributed by atoms with Gasteiger partial charge in [-0.2, -0.15) is 0 Å². The Morgan fingerprint density at radius 2 is 1.74 bits per heavy atom. The predicted molar refractivity (Wildman–Crippen MR) is 137 cm³/mol. The first-order valence-corrected chi connectivity index (χ1v) is 12.7. The number of aliphatic hydroxyl groups is 1. The number of nitrogens with zero attached hydrogens (tertiary/aromatic N) is 4. The van der Waals surface area contributed by atoms with E-state index in [0.717, 1.165) is 68.9 Å². The number of carbonyl (C=O) groups is 2. The van der Waals surface area contributed by atoms with Gasteiger partial charge in [-0.25, -0.2) is 0 Å². The Morgan fingerprint density at radius 1 is 1.00 bits per heavy atom. The number of anilines is 1. The zero-order chi connectivity index (χ0) is 24.6. The summed E-state index contributed by atoms with van der Waals surface area (Å²) in [6.07, 6.45) is 1.33. The van der Waals surface area contributed by atoms with Gasteiger partial charge in [-0.15, -0.1) is 0 Å². The topological polar surface area (TPSA) is 67.3 Å². The smallest absolute Gasteiger partial charge is 0.254 e. The molecule has 0 bridgehead atoms. The van der Waals surface area contributed by atoms with Gasteiger partial charge in [-0.1, -0.05) is 38.1 Å². The molecule has 1 fully saturated rings. The molecule has 3 heterocycles. The number of hydrogen-bond acceptors (Lipinski definition) is 5. The third kappa shape index (κ3) is 4.93. The van der Waals surface area contributed by atoms with Crippen molar-refractivity contribution in [2.75, 3.05) is 57.3 Å². The van der Waals surface area contributed by atoms with Crippen LogP contribution in [-0.4, -0.2) is 90.6 Å². The van der Waals surface area contributed by atoms with Crippen LogP contribution in [0.3, 0.4) is 0 Å². The van der Waals surface area contributed by atoms with Crippen molar-refractivity contribution >= 4 is 18.0 Å². The van der Waals surface area contributed by atoms with Crippen LogP contribution in [-0.2, 0) is 23.2 Å². The van der Waals surface area contributed by atoms with Crippen LogP contribution in [0.5, 0.6) is 0 Å². The number of amides is 2. The molecule has 1 N–H and O–H groups in total. The molecule has 1 atom stereocenters. The van der Waals surface area contributed by atoms with Gasteiger partial charge in [0.05, 0.1) is 6.10 Å². The van der Waals surface area contributed by atoms with E-state index in [-0.39, 0.29) is 11.3 Å². The highest BCUT2D eigenvalue weighted by Gasteiger charge is 2.38. The minimum Gasteiger partial charge on any atom is -0.390 e. The Labute approximate surface area is 207 Å². The summed E-state index contributed by atoms with van der Waals surface area (Å²) in [5.41, 5.74) is 5.42. The van der Waals surface area contributed by atoms with E-state index in [2.05, 4.69) is 54.0 Å². The van der Waals surface area contributed by atoms with Crippen molar-refractivity contribution in [3.8, 4) is 0 Å². The van der Waals surface area contributed by atoms with Crippen LogP contribution in [0.15, 0.2) is 42.5 Å². The van der Waals surface area contributed by atoms with Gasteiger partial charge < -0.3 is 19.8 Å². The van der Waals surface area contributed by atoms with E-state index in [1.807, 2.05) is 17.0 Å². The standard InChI is InChI=1S/C28H36N4O3/c1-28(2)19-32(18-24(34)17-30-10-9-21-5-3-4-6-22(21)16-30)27(35)25-8-7-23(15-26(25)28)31-13-11-29(20-33)12-14-31/h3-8,15,20,24,34H,9-14,16-19H2,1-2H3/t24-/m1/s1. The number of aliphatic hydroxyl groups excluding tert-OH is 1.